The summed E-state index contributed by atoms with van der Waals surface area (Å²) in [6.45, 7) is 5.89. The van der Waals surface area contributed by atoms with Gasteiger partial charge in [0.15, 0.2) is 0 Å². The molecule has 0 aromatic heterocycles. The van der Waals surface area contributed by atoms with Gasteiger partial charge >= 0.3 is 0 Å². The van der Waals surface area contributed by atoms with Crippen LogP contribution >= 0.6 is 0 Å². The van der Waals surface area contributed by atoms with Gasteiger partial charge in [-0.3, -0.25) is 0 Å². The van der Waals surface area contributed by atoms with E-state index in [0.717, 1.165) is 19.3 Å². The first-order chi connectivity index (χ1) is 9.45. The van der Waals surface area contributed by atoms with E-state index in [9.17, 15) is 10.2 Å². The molecule has 0 heterocycles. The third-order valence-electron chi connectivity index (χ3n) is 3.88. The Morgan fingerprint density at radius 3 is 2.80 bits per heavy atom. The van der Waals surface area contributed by atoms with Crippen molar-refractivity contribution in [3.63, 3.8) is 0 Å². The Hall–Kier alpha value is -0.200. The average Bonchev–Trinajstić information content (AvgIpc) is 2.36. The standard InChI is InChI=1S/C15H31NO4/c1-12-5-4-6-15(18,7-12)11-16-8-14(17)10-20-13(2)9-19-3/h12-14,16-18H,4-11H2,1-3H3. The molecule has 20 heavy (non-hydrogen) atoms. The third-order valence-corrected chi connectivity index (χ3v) is 3.88. The summed E-state index contributed by atoms with van der Waals surface area (Å²) in [5.41, 5.74) is -0.610. The van der Waals surface area contributed by atoms with Crippen LogP contribution < -0.4 is 5.32 Å². The summed E-state index contributed by atoms with van der Waals surface area (Å²) in [5, 5.41) is 23.4. The van der Waals surface area contributed by atoms with Gasteiger partial charge in [-0.1, -0.05) is 19.8 Å². The first-order valence-corrected chi connectivity index (χ1v) is 7.67. The summed E-state index contributed by atoms with van der Waals surface area (Å²) in [6, 6.07) is 0. The van der Waals surface area contributed by atoms with Crippen LogP contribution in [0.3, 0.4) is 0 Å². The van der Waals surface area contributed by atoms with Crippen molar-refractivity contribution in [2.24, 2.45) is 5.92 Å². The smallest absolute Gasteiger partial charge is 0.0897 e. The topological polar surface area (TPSA) is 71.0 Å². The lowest BCUT2D eigenvalue weighted by molar-refractivity contribution is -0.0368. The highest BCUT2D eigenvalue weighted by molar-refractivity contribution is 4.87. The molecular weight excluding hydrogens is 258 g/mol. The van der Waals surface area contributed by atoms with E-state index < -0.39 is 11.7 Å². The second kappa shape index (κ2) is 8.95. The van der Waals surface area contributed by atoms with Gasteiger partial charge in [0.05, 0.1) is 31.0 Å². The molecule has 5 nitrogen and oxygen atoms in total. The zero-order valence-electron chi connectivity index (χ0n) is 13.1. The number of hydrogen-bond donors (Lipinski definition) is 3. The maximum absolute atomic E-state index is 10.5. The Balaban J connectivity index is 2.13. The minimum atomic E-state index is -0.610. The fraction of sp³-hybridized carbons (Fsp3) is 1.00. The predicted molar refractivity (Wildman–Crippen MR) is 78.7 cm³/mol. The highest BCUT2D eigenvalue weighted by atomic mass is 16.5. The van der Waals surface area contributed by atoms with E-state index in [0.29, 0.717) is 25.6 Å². The molecule has 0 aromatic rings. The largest absolute Gasteiger partial charge is 0.389 e. The number of methoxy groups -OCH3 is 1. The van der Waals surface area contributed by atoms with Crippen molar-refractivity contribution in [1.29, 1.82) is 0 Å². The Labute approximate surface area is 122 Å². The second-order valence-corrected chi connectivity index (χ2v) is 6.31. The fourth-order valence-corrected chi connectivity index (χ4v) is 2.88. The van der Waals surface area contributed by atoms with Crippen LogP contribution in [-0.2, 0) is 9.47 Å². The van der Waals surface area contributed by atoms with Gasteiger partial charge in [-0.05, 0) is 25.7 Å². The summed E-state index contributed by atoms with van der Waals surface area (Å²) in [7, 11) is 1.63. The van der Waals surface area contributed by atoms with E-state index in [1.165, 1.54) is 6.42 Å². The fourth-order valence-electron chi connectivity index (χ4n) is 2.88. The molecule has 0 radical (unpaired) electrons. The Kier molecular flexibility index (Phi) is 7.99. The molecule has 0 saturated heterocycles. The van der Waals surface area contributed by atoms with E-state index in [4.69, 9.17) is 9.47 Å². The lowest BCUT2D eigenvalue weighted by Crippen LogP contribution is -2.46. The van der Waals surface area contributed by atoms with Crippen molar-refractivity contribution in [2.45, 2.75) is 57.3 Å². The zero-order chi connectivity index (χ0) is 15.0. The summed E-state index contributed by atoms with van der Waals surface area (Å²) < 4.78 is 10.4. The molecular formula is C15H31NO4. The molecule has 0 aromatic carbocycles. The first kappa shape index (κ1) is 17.9. The van der Waals surface area contributed by atoms with Crippen LogP contribution in [0.1, 0.15) is 39.5 Å². The number of hydrogen-bond acceptors (Lipinski definition) is 5. The molecule has 3 N–H and O–H groups in total. The molecule has 1 aliphatic carbocycles. The van der Waals surface area contributed by atoms with Crippen LogP contribution in [0, 0.1) is 5.92 Å². The summed E-state index contributed by atoms with van der Waals surface area (Å²) in [4.78, 5) is 0. The monoisotopic (exact) mass is 289 g/mol. The molecule has 1 aliphatic rings. The first-order valence-electron chi connectivity index (χ1n) is 7.67. The average molecular weight is 289 g/mol. The molecule has 5 heteroatoms. The van der Waals surface area contributed by atoms with E-state index in [2.05, 4.69) is 12.2 Å². The van der Waals surface area contributed by atoms with Gasteiger partial charge in [0.2, 0.25) is 0 Å². The zero-order valence-corrected chi connectivity index (χ0v) is 13.1. The highest BCUT2D eigenvalue weighted by Crippen LogP contribution is 2.31. The lowest BCUT2D eigenvalue weighted by Gasteiger charge is -2.36. The molecule has 0 aliphatic heterocycles. The number of ether oxygens (including phenoxy) is 2. The SMILES string of the molecule is COCC(C)OCC(O)CNCC1(O)CCCC(C)C1. The van der Waals surface area contributed by atoms with Crippen molar-refractivity contribution in [1.82, 2.24) is 5.32 Å². The molecule has 0 amide bonds. The molecule has 120 valence electrons. The molecule has 0 bridgehead atoms. The van der Waals surface area contributed by atoms with Gasteiger partial charge in [-0.2, -0.15) is 0 Å². The van der Waals surface area contributed by atoms with E-state index in [1.807, 2.05) is 6.92 Å². The van der Waals surface area contributed by atoms with Crippen molar-refractivity contribution in [3.8, 4) is 0 Å². The maximum atomic E-state index is 10.5. The van der Waals surface area contributed by atoms with Crippen molar-refractivity contribution in [2.75, 3.05) is 33.4 Å². The molecule has 0 spiro atoms. The van der Waals surface area contributed by atoms with Crippen molar-refractivity contribution >= 4 is 0 Å². The molecule has 1 rings (SSSR count). The maximum Gasteiger partial charge on any atom is 0.0897 e. The van der Waals surface area contributed by atoms with Gasteiger partial charge in [-0.15, -0.1) is 0 Å². The highest BCUT2D eigenvalue weighted by Gasteiger charge is 2.32. The van der Waals surface area contributed by atoms with Gasteiger partial charge in [0.25, 0.3) is 0 Å². The van der Waals surface area contributed by atoms with Crippen molar-refractivity contribution < 1.29 is 19.7 Å². The summed E-state index contributed by atoms with van der Waals surface area (Å²) in [5.74, 6) is 0.582. The third kappa shape index (κ3) is 6.99. The lowest BCUT2D eigenvalue weighted by atomic mass is 9.79. The minimum Gasteiger partial charge on any atom is -0.389 e. The molecule has 4 atom stereocenters. The van der Waals surface area contributed by atoms with Crippen LogP contribution in [0.15, 0.2) is 0 Å². The van der Waals surface area contributed by atoms with Gasteiger partial charge < -0.3 is 25.0 Å². The number of aliphatic hydroxyl groups excluding tert-OH is 1. The number of rotatable bonds is 9. The summed E-state index contributed by atoms with van der Waals surface area (Å²) in [6.07, 6.45) is 3.41. The Bertz CT molecular complexity index is 264. The van der Waals surface area contributed by atoms with E-state index in [-0.39, 0.29) is 12.7 Å². The van der Waals surface area contributed by atoms with Crippen LogP contribution in [0.25, 0.3) is 0 Å². The second-order valence-electron chi connectivity index (χ2n) is 6.31. The quantitative estimate of drug-likeness (QED) is 0.589. The molecule has 1 fully saturated rings. The van der Waals surface area contributed by atoms with Crippen LogP contribution in [-0.4, -0.2) is 61.4 Å². The predicted octanol–water partition coefficient (Wildman–Crippen LogP) is 0.930. The van der Waals surface area contributed by atoms with Crippen molar-refractivity contribution in [3.05, 3.63) is 0 Å². The molecule has 1 saturated carbocycles. The van der Waals surface area contributed by atoms with Gasteiger partial charge in [-0.25, -0.2) is 0 Å². The Morgan fingerprint density at radius 1 is 1.40 bits per heavy atom. The van der Waals surface area contributed by atoms with Gasteiger partial charge in [0.1, 0.15) is 0 Å². The minimum absolute atomic E-state index is 0.0157. The van der Waals surface area contributed by atoms with E-state index >= 15 is 0 Å². The normalized spacial score (nSPS) is 30.1. The van der Waals surface area contributed by atoms with Crippen LogP contribution in [0.5, 0.6) is 0 Å². The number of nitrogens with one attached hydrogen (secondary N) is 1. The van der Waals surface area contributed by atoms with Gasteiger partial charge in [0, 0.05) is 20.2 Å². The number of aliphatic hydroxyl groups is 2. The van der Waals surface area contributed by atoms with Crippen LogP contribution in [0.2, 0.25) is 0 Å². The molecule has 4 unspecified atom stereocenters. The van der Waals surface area contributed by atoms with E-state index in [1.54, 1.807) is 7.11 Å². The Morgan fingerprint density at radius 2 is 2.15 bits per heavy atom. The summed E-state index contributed by atoms with van der Waals surface area (Å²) >= 11 is 0. The van der Waals surface area contributed by atoms with Crippen LogP contribution in [0.4, 0.5) is 0 Å².